The van der Waals surface area contributed by atoms with Gasteiger partial charge in [0.15, 0.2) is 5.13 Å². The standard InChI is InChI=1S/C15H19N5O4S2/c1-11-10-25-15(17-11)19-6-2-5-18(7-8-19)13-4-3-12(26(16,23)24)9-14(13)20(21)22/h3-4,9-10H,2,5-8H2,1H3,(H2,16,23,24). The first-order valence-electron chi connectivity index (χ1n) is 7.99. The van der Waals surface area contributed by atoms with Gasteiger partial charge in [-0.15, -0.1) is 11.3 Å². The first-order valence-corrected chi connectivity index (χ1v) is 10.4. The molecule has 1 aromatic heterocycles. The van der Waals surface area contributed by atoms with E-state index in [2.05, 4.69) is 9.88 Å². The van der Waals surface area contributed by atoms with Gasteiger partial charge in [-0.3, -0.25) is 10.1 Å². The molecule has 2 N–H and O–H groups in total. The Morgan fingerprint density at radius 2 is 1.92 bits per heavy atom. The van der Waals surface area contributed by atoms with Crippen LogP contribution in [0, 0.1) is 17.0 Å². The topological polar surface area (TPSA) is 123 Å². The van der Waals surface area contributed by atoms with Crippen LogP contribution in [0.3, 0.4) is 0 Å². The van der Waals surface area contributed by atoms with Crippen molar-refractivity contribution in [3.8, 4) is 0 Å². The Kier molecular flexibility index (Phi) is 5.12. The molecule has 11 heteroatoms. The second-order valence-electron chi connectivity index (χ2n) is 6.05. The first-order chi connectivity index (χ1) is 12.3. The van der Waals surface area contributed by atoms with Crippen LogP contribution in [-0.4, -0.2) is 44.5 Å². The predicted molar refractivity (Wildman–Crippen MR) is 100 cm³/mol. The Morgan fingerprint density at radius 1 is 1.23 bits per heavy atom. The number of hydrogen-bond acceptors (Lipinski definition) is 8. The first kappa shape index (κ1) is 18.5. The Morgan fingerprint density at radius 3 is 2.54 bits per heavy atom. The minimum absolute atomic E-state index is 0.255. The van der Waals surface area contributed by atoms with Crippen LogP contribution in [0.25, 0.3) is 0 Å². The number of primary sulfonamides is 1. The van der Waals surface area contributed by atoms with Crippen molar-refractivity contribution in [3.63, 3.8) is 0 Å². The molecule has 0 radical (unpaired) electrons. The van der Waals surface area contributed by atoms with Crippen LogP contribution in [0.15, 0.2) is 28.5 Å². The summed E-state index contributed by atoms with van der Waals surface area (Å²) in [6.07, 6.45) is 0.812. The number of sulfonamides is 1. The van der Waals surface area contributed by atoms with Gasteiger partial charge in [-0.1, -0.05) is 0 Å². The average Bonchev–Trinajstić information content (AvgIpc) is 2.86. The molecule has 0 aliphatic carbocycles. The number of hydrogen-bond donors (Lipinski definition) is 1. The molecular weight excluding hydrogens is 378 g/mol. The smallest absolute Gasteiger partial charge is 0.293 e. The van der Waals surface area contributed by atoms with Crippen LogP contribution in [0.4, 0.5) is 16.5 Å². The molecule has 1 aliphatic rings. The van der Waals surface area contributed by atoms with Crippen LogP contribution in [-0.2, 0) is 10.0 Å². The van der Waals surface area contributed by atoms with E-state index in [0.29, 0.717) is 25.3 Å². The Bertz CT molecular complexity index is 928. The number of nitro groups is 1. The Labute approximate surface area is 155 Å². The second-order valence-corrected chi connectivity index (χ2v) is 8.45. The number of anilines is 2. The maximum Gasteiger partial charge on any atom is 0.293 e. The molecule has 0 amide bonds. The van der Waals surface area contributed by atoms with Crippen molar-refractivity contribution in [1.29, 1.82) is 0 Å². The third-order valence-corrected chi connectivity index (χ3v) is 6.12. The van der Waals surface area contributed by atoms with Gasteiger partial charge in [0.25, 0.3) is 5.69 Å². The molecule has 0 spiro atoms. The number of thiazole rings is 1. The highest BCUT2D eigenvalue weighted by molar-refractivity contribution is 7.89. The summed E-state index contributed by atoms with van der Waals surface area (Å²) in [4.78, 5) is 19.2. The van der Waals surface area contributed by atoms with E-state index < -0.39 is 14.9 Å². The highest BCUT2D eigenvalue weighted by Gasteiger charge is 2.25. The lowest BCUT2D eigenvalue weighted by Gasteiger charge is -2.23. The van der Waals surface area contributed by atoms with Crippen molar-refractivity contribution in [3.05, 3.63) is 39.4 Å². The fraction of sp³-hybridized carbons (Fsp3) is 0.400. The summed E-state index contributed by atoms with van der Waals surface area (Å²) in [6, 6.07) is 3.79. The molecule has 1 aromatic carbocycles. The van der Waals surface area contributed by atoms with E-state index in [1.54, 1.807) is 11.3 Å². The van der Waals surface area contributed by atoms with Crippen molar-refractivity contribution >= 4 is 37.9 Å². The molecule has 26 heavy (non-hydrogen) atoms. The second kappa shape index (κ2) is 7.17. The normalized spacial score (nSPS) is 15.8. The van der Waals surface area contributed by atoms with Gasteiger partial charge in [0.1, 0.15) is 5.69 Å². The number of nitro benzene ring substituents is 1. The fourth-order valence-electron chi connectivity index (χ4n) is 2.93. The maximum absolute atomic E-state index is 11.5. The van der Waals surface area contributed by atoms with E-state index in [9.17, 15) is 18.5 Å². The van der Waals surface area contributed by atoms with Crippen LogP contribution in [0.1, 0.15) is 12.1 Å². The van der Waals surface area contributed by atoms with Crippen LogP contribution >= 0.6 is 11.3 Å². The van der Waals surface area contributed by atoms with Gasteiger partial charge < -0.3 is 9.80 Å². The van der Waals surface area contributed by atoms with Gasteiger partial charge in [-0.25, -0.2) is 18.5 Å². The lowest BCUT2D eigenvalue weighted by Crippen LogP contribution is -2.31. The van der Waals surface area contributed by atoms with Gasteiger partial charge in [0.2, 0.25) is 10.0 Å². The van der Waals surface area contributed by atoms with E-state index in [-0.39, 0.29) is 10.6 Å². The van der Waals surface area contributed by atoms with Crippen LogP contribution in [0.5, 0.6) is 0 Å². The van der Waals surface area contributed by atoms with Gasteiger partial charge in [-0.05, 0) is 25.5 Å². The maximum atomic E-state index is 11.5. The van der Waals surface area contributed by atoms with Gasteiger partial charge in [-0.2, -0.15) is 0 Å². The molecule has 140 valence electrons. The summed E-state index contributed by atoms with van der Waals surface area (Å²) < 4.78 is 23.0. The monoisotopic (exact) mass is 397 g/mol. The van der Waals surface area contributed by atoms with Crippen LogP contribution in [0.2, 0.25) is 0 Å². The van der Waals surface area contributed by atoms with E-state index in [4.69, 9.17) is 5.14 Å². The zero-order valence-corrected chi connectivity index (χ0v) is 15.8. The molecule has 0 atom stereocenters. The molecule has 0 saturated carbocycles. The summed E-state index contributed by atoms with van der Waals surface area (Å²) in [5.41, 5.74) is 1.12. The van der Waals surface area contributed by atoms with Crippen molar-refractivity contribution in [2.75, 3.05) is 36.0 Å². The highest BCUT2D eigenvalue weighted by atomic mass is 32.2. The number of aromatic nitrogens is 1. The minimum Gasteiger partial charge on any atom is -0.364 e. The van der Waals surface area contributed by atoms with Gasteiger partial charge >= 0.3 is 0 Å². The lowest BCUT2D eigenvalue weighted by molar-refractivity contribution is -0.384. The quantitative estimate of drug-likeness (QED) is 0.615. The van der Waals surface area contributed by atoms with Crippen molar-refractivity contribution < 1.29 is 13.3 Å². The zero-order valence-electron chi connectivity index (χ0n) is 14.2. The zero-order chi connectivity index (χ0) is 18.9. The van der Waals surface area contributed by atoms with Crippen molar-refractivity contribution in [2.24, 2.45) is 5.14 Å². The summed E-state index contributed by atoms with van der Waals surface area (Å²) >= 11 is 1.58. The van der Waals surface area contributed by atoms with Gasteiger partial charge in [0.05, 0.1) is 15.5 Å². The molecular formula is C15H19N5O4S2. The summed E-state index contributed by atoms with van der Waals surface area (Å²) in [7, 11) is -3.99. The van der Waals surface area contributed by atoms with E-state index >= 15 is 0 Å². The number of benzene rings is 1. The molecule has 1 fully saturated rings. The molecule has 2 aromatic rings. The number of nitrogens with two attached hydrogens (primary N) is 1. The molecule has 9 nitrogen and oxygen atoms in total. The Hall–Kier alpha value is -2.24. The fourth-order valence-corrected chi connectivity index (χ4v) is 4.32. The minimum atomic E-state index is -3.99. The van der Waals surface area contributed by atoms with Gasteiger partial charge in [0, 0.05) is 37.6 Å². The average molecular weight is 397 g/mol. The largest absolute Gasteiger partial charge is 0.364 e. The van der Waals surface area contributed by atoms with Crippen molar-refractivity contribution in [1.82, 2.24) is 4.98 Å². The third kappa shape index (κ3) is 3.94. The molecule has 2 heterocycles. The number of aryl methyl sites for hydroxylation is 1. The van der Waals surface area contributed by atoms with Crippen molar-refractivity contribution in [2.45, 2.75) is 18.2 Å². The molecule has 0 unspecified atom stereocenters. The predicted octanol–water partition coefficient (Wildman–Crippen LogP) is 1.72. The number of nitrogens with zero attached hydrogens (tertiary/aromatic N) is 4. The summed E-state index contributed by atoms with van der Waals surface area (Å²) in [5, 5.41) is 19.5. The third-order valence-electron chi connectivity index (χ3n) is 4.19. The highest BCUT2D eigenvalue weighted by Crippen LogP contribution is 2.32. The molecule has 0 bridgehead atoms. The van der Waals surface area contributed by atoms with Crippen LogP contribution < -0.4 is 14.9 Å². The number of rotatable bonds is 4. The van der Waals surface area contributed by atoms with E-state index in [1.807, 2.05) is 17.2 Å². The molecule has 3 rings (SSSR count). The molecule has 1 saturated heterocycles. The van der Waals surface area contributed by atoms with E-state index in [1.165, 1.54) is 12.1 Å². The Balaban J connectivity index is 1.86. The van der Waals surface area contributed by atoms with E-state index in [0.717, 1.165) is 29.9 Å². The SMILES string of the molecule is Cc1csc(N2CCCN(c3ccc(S(N)(=O)=O)cc3[N+](=O)[O-])CC2)n1. The lowest BCUT2D eigenvalue weighted by atomic mass is 10.2. The molecule has 1 aliphatic heterocycles. The summed E-state index contributed by atoms with van der Waals surface area (Å²) in [6.45, 7) is 4.65. The summed E-state index contributed by atoms with van der Waals surface area (Å²) in [5.74, 6) is 0.